The highest BCUT2D eigenvalue weighted by Gasteiger charge is 2.20. The van der Waals surface area contributed by atoms with Crippen molar-refractivity contribution in [1.82, 2.24) is 0 Å². The number of rotatable bonds is 5. The van der Waals surface area contributed by atoms with Crippen LogP contribution in [0.4, 0.5) is 11.4 Å². The van der Waals surface area contributed by atoms with Gasteiger partial charge in [-0.05, 0) is 65.4 Å². The summed E-state index contributed by atoms with van der Waals surface area (Å²) in [4.78, 5) is 15.2. The normalized spacial score (nSPS) is 13.0. The number of carbonyl (C=O) groups is 1. The summed E-state index contributed by atoms with van der Waals surface area (Å²) < 4.78 is 10.9. The van der Waals surface area contributed by atoms with Gasteiger partial charge < -0.3 is 19.7 Å². The Morgan fingerprint density at radius 2 is 1.75 bits per heavy atom. The highest BCUT2D eigenvalue weighted by Crippen LogP contribution is 2.34. The number of hydrogen-bond donors (Lipinski definition) is 1. The Hall–Kier alpha value is -2.99. The highest BCUT2D eigenvalue weighted by molar-refractivity contribution is 7.12. The average molecular weight is 394 g/mol. The summed E-state index contributed by atoms with van der Waals surface area (Å²) in [5.41, 5.74) is 4.48. The Bertz CT molecular complexity index is 968. The molecule has 1 aromatic heterocycles. The number of benzene rings is 2. The van der Waals surface area contributed by atoms with Crippen LogP contribution in [0, 0.1) is 0 Å². The number of fused-ring (bicyclic) bond motifs is 1. The molecule has 2 aromatic carbocycles. The molecule has 0 unspecified atom stereocenters. The fourth-order valence-corrected chi connectivity index (χ4v) is 4.08. The van der Waals surface area contributed by atoms with E-state index in [0.717, 1.165) is 42.4 Å². The molecule has 0 atom stereocenters. The molecule has 0 bridgehead atoms. The first kappa shape index (κ1) is 18.4. The van der Waals surface area contributed by atoms with E-state index in [1.165, 1.54) is 22.5 Å². The van der Waals surface area contributed by atoms with Crippen molar-refractivity contribution in [2.45, 2.75) is 13.0 Å². The van der Waals surface area contributed by atoms with Crippen molar-refractivity contribution in [2.75, 3.05) is 31.0 Å². The second-order valence-electron chi connectivity index (χ2n) is 6.63. The molecule has 28 heavy (non-hydrogen) atoms. The van der Waals surface area contributed by atoms with E-state index in [9.17, 15) is 4.79 Å². The highest BCUT2D eigenvalue weighted by atomic mass is 32.1. The van der Waals surface area contributed by atoms with Crippen LogP contribution in [0.5, 0.6) is 11.5 Å². The van der Waals surface area contributed by atoms with E-state index >= 15 is 0 Å². The Morgan fingerprint density at radius 1 is 1.04 bits per heavy atom. The van der Waals surface area contributed by atoms with Crippen LogP contribution in [0.3, 0.4) is 0 Å². The van der Waals surface area contributed by atoms with Gasteiger partial charge in [-0.15, -0.1) is 11.3 Å². The smallest absolute Gasteiger partial charge is 0.265 e. The molecular formula is C22H22N2O3S. The quantitative estimate of drug-likeness (QED) is 0.688. The minimum absolute atomic E-state index is 0.0734. The molecule has 1 N–H and O–H groups in total. The fourth-order valence-electron chi connectivity index (χ4n) is 3.46. The predicted octanol–water partition coefficient (Wildman–Crippen LogP) is 4.58. The average Bonchev–Trinajstić information content (AvgIpc) is 3.28. The van der Waals surface area contributed by atoms with E-state index in [1.54, 1.807) is 14.2 Å². The molecule has 0 fully saturated rings. The van der Waals surface area contributed by atoms with Gasteiger partial charge in [0.15, 0.2) is 11.5 Å². The van der Waals surface area contributed by atoms with Gasteiger partial charge in [-0.2, -0.15) is 0 Å². The fraction of sp³-hybridized carbons (Fsp3) is 0.227. The van der Waals surface area contributed by atoms with Crippen molar-refractivity contribution in [3.63, 3.8) is 0 Å². The van der Waals surface area contributed by atoms with Gasteiger partial charge in [-0.3, -0.25) is 4.79 Å². The summed E-state index contributed by atoms with van der Waals surface area (Å²) in [7, 11) is 3.33. The van der Waals surface area contributed by atoms with E-state index in [2.05, 4.69) is 34.5 Å². The van der Waals surface area contributed by atoms with Gasteiger partial charge in [0.1, 0.15) is 0 Å². The minimum Gasteiger partial charge on any atom is -0.493 e. The van der Waals surface area contributed by atoms with Gasteiger partial charge in [0, 0.05) is 24.5 Å². The minimum atomic E-state index is -0.0734. The first-order valence-electron chi connectivity index (χ1n) is 9.11. The molecule has 6 heteroatoms. The third kappa shape index (κ3) is 3.68. The van der Waals surface area contributed by atoms with E-state index in [-0.39, 0.29) is 5.91 Å². The molecular weight excluding hydrogens is 372 g/mol. The topological polar surface area (TPSA) is 50.8 Å². The maximum atomic E-state index is 12.2. The third-order valence-corrected chi connectivity index (χ3v) is 5.82. The number of thiophene rings is 1. The Balaban J connectivity index is 1.47. The first-order valence-corrected chi connectivity index (χ1v) is 9.99. The van der Waals surface area contributed by atoms with E-state index in [0.29, 0.717) is 4.88 Å². The molecule has 1 amide bonds. The molecule has 0 radical (unpaired) electrons. The van der Waals surface area contributed by atoms with Gasteiger partial charge in [-0.25, -0.2) is 0 Å². The molecule has 144 valence electrons. The second-order valence-corrected chi connectivity index (χ2v) is 7.57. The van der Waals surface area contributed by atoms with Crippen molar-refractivity contribution in [3.8, 4) is 11.5 Å². The molecule has 4 rings (SSSR count). The van der Waals surface area contributed by atoms with Crippen LogP contribution in [0.15, 0.2) is 53.9 Å². The lowest BCUT2D eigenvalue weighted by Crippen LogP contribution is -2.30. The van der Waals surface area contributed by atoms with E-state index in [4.69, 9.17) is 9.47 Å². The number of carbonyl (C=O) groups excluding carboxylic acids is 1. The lowest BCUT2D eigenvalue weighted by Gasteiger charge is -2.31. The molecule has 0 spiro atoms. The summed E-state index contributed by atoms with van der Waals surface area (Å²) in [5.74, 6) is 1.46. The van der Waals surface area contributed by atoms with E-state index in [1.807, 2.05) is 29.6 Å². The zero-order valence-corrected chi connectivity index (χ0v) is 16.7. The summed E-state index contributed by atoms with van der Waals surface area (Å²) in [6.45, 7) is 1.75. The molecule has 0 saturated heterocycles. The SMILES string of the molecule is COc1cc2c(cc1OC)CN(c1ccc(NC(=O)c3cccs3)cc1)CC2. The number of hydrogen-bond acceptors (Lipinski definition) is 5. The van der Waals surface area contributed by atoms with Crippen LogP contribution >= 0.6 is 11.3 Å². The van der Waals surface area contributed by atoms with Gasteiger partial charge in [0.2, 0.25) is 0 Å². The number of methoxy groups -OCH3 is 2. The first-order chi connectivity index (χ1) is 13.7. The van der Waals surface area contributed by atoms with Crippen LogP contribution in [-0.2, 0) is 13.0 Å². The van der Waals surface area contributed by atoms with Crippen molar-refractivity contribution >= 4 is 28.6 Å². The Kier molecular flexibility index (Phi) is 5.21. The van der Waals surface area contributed by atoms with Gasteiger partial charge in [-0.1, -0.05) is 6.07 Å². The van der Waals surface area contributed by atoms with Crippen LogP contribution in [0.1, 0.15) is 20.8 Å². The largest absolute Gasteiger partial charge is 0.493 e. The van der Waals surface area contributed by atoms with Gasteiger partial charge in [0.25, 0.3) is 5.91 Å². The summed E-state index contributed by atoms with van der Waals surface area (Å²) >= 11 is 1.44. The number of anilines is 2. The maximum Gasteiger partial charge on any atom is 0.265 e. The van der Waals surface area contributed by atoms with E-state index < -0.39 is 0 Å². The van der Waals surface area contributed by atoms with Crippen LogP contribution in [0.25, 0.3) is 0 Å². The van der Waals surface area contributed by atoms with Crippen molar-refractivity contribution in [2.24, 2.45) is 0 Å². The summed E-state index contributed by atoms with van der Waals surface area (Å²) in [6, 6.07) is 15.8. The number of amides is 1. The predicted molar refractivity (Wildman–Crippen MR) is 113 cm³/mol. The molecule has 5 nitrogen and oxygen atoms in total. The lowest BCUT2D eigenvalue weighted by molar-refractivity contribution is 0.103. The standard InChI is InChI=1S/C22H22N2O3S/c1-26-19-12-15-9-10-24(14-16(15)13-20(19)27-2)18-7-5-17(6-8-18)23-22(25)21-4-3-11-28-21/h3-8,11-13H,9-10,14H2,1-2H3,(H,23,25). The molecule has 2 heterocycles. The Labute approximate surface area is 168 Å². The molecule has 3 aromatic rings. The second kappa shape index (κ2) is 7.94. The van der Waals surface area contributed by atoms with Crippen LogP contribution < -0.4 is 19.7 Å². The zero-order chi connectivity index (χ0) is 19.5. The Morgan fingerprint density at radius 3 is 2.39 bits per heavy atom. The molecule has 1 aliphatic rings. The third-order valence-electron chi connectivity index (χ3n) is 4.95. The zero-order valence-electron chi connectivity index (χ0n) is 15.9. The number of nitrogens with zero attached hydrogens (tertiary/aromatic N) is 1. The van der Waals surface area contributed by atoms with Crippen LogP contribution in [-0.4, -0.2) is 26.7 Å². The van der Waals surface area contributed by atoms with Crippen LogP contribution in [0.2, 0.25) is 0 Å². The summed E-state index contributed by atoms with van der Waals surface area (Å²) in [5, 5.41) is 4.84. The lowest BCUT2D eigenvalue weighted by atomic mass is 9.98. The monoisotopic (exact) mass is 394 g/mol. The van der Waals surface area contributed by atoms with Crippen molar-refractivity contribution < 1.29 is 14.3 Å². The molecule has 0 aliphatic carbocycles. The summed E-state index contributed by atoms with van der Waals surface area (Å²) in [6.07, 6.45) is 0.951. The van der Waals surface area contributed by atoms with Crippen molar-refractivity contribution in [1.29, 1.82) is 0 Å². The van der Waals surface area contributed by atoms with Crippen molar-refractivity contribution in [3.05, 3.63) is 69.9 Å². The molecule has 1 aliphatic heterocycles. The number of ether oxygens (including phenoxy) is 2. The maximum absolute atomic E-state index is 12.2. The van der Waals surface area contributed by atoms with Gasteiger partial charge >= 0.3 is 0 Å². The van der Waals surface area contributed by atoms with Gasteiger partial charge in [0.05, 0.1) is 19.1 Å². The molecule has 0 saturated carbocycles. The number of nitrogens with one attached hydrogen (secondary N) is 1.